The van der Waals surface area contributed by atoms with Gasteiger partial charge in [0.25, 0.3) is 0 Å². The first kappa shape index (κ1) is 13.6. The van der Waals surface area contributed by atoms with Crippen molar-refractivity contribution in [2.45, 2.75) is 26.7 Å². The van der Waals surface area contributed by atoms with Gasteiger partial charge in [0.1, 0.15) is 6.29 Å². The van der Waals surface area contributed by atoms with Crippen molar-refractivity contribution in [2.24, 2.45) is 5.92 Å². The van der Waals surface area contributed by atoms with Gasteiger partial charge in [-0.3, -0.25) is 4.79 Å². The average Bonchev–Trinajstić information content (AvgIpc) is 2.18. The van der Waals surface area contributed by atoms with Gasteiger partial charge in [0.15, 0.2) is 0 Å². The van der Waals surface area contributed by atoms with E-state index in [-0.39, 0.29) is 5.97 Å². The first-order chi connectivity index (χ1) is 7.10. The Bertz CT molecular complexity index is 254. The topological polar surface area (TPSA) is 43.4 Å². The van der Waals surface area contributed by atoms with E-state index in [1.807, 2.05) is 6.92 Å². The molecule has 0 amide bonds. The summed E-state index contributed by atoms with van der Waals surface area (Å²) in [5.74, 6) is -0.00714. The Kier molecular flexibility index (Phi) is 7.24. The lowest BCUT2D eigenvalue weighted by Crippen LogP contribution is -2.00. The summed E-state index contributed by atoms with van der Waals surface area (Å²) < 4.78 is 4.73. The Morgan fingerprint density at radius 3 is 2.73 bits per heavy atom. The number of carbonyl (C=O) groups excluding carboxylic acids is 2. The van der Waals surface area contributed by atoms with E-state index in [9.17, 15) is 9.59 Å². The molecule has 0 fully saturated rings. The molecule has 0 rings (SSSR count). The molecule has 15 heavy (non-hydrogen) atoms. The van der Waals surface area contributed by atoms with E-state index in [2.05, 4.69) is 6.58 Å². The molecule has 0 bridgehead atoms. The number of rotatable bonds is 7. The highest BCUT2D eigenvalue weighted by molar-refractivity contribution is 5.81. The number of esters is 1. The van der Waals surface area contributed by atoms with Crippen LogP contribution in [-0.4, -0.2) is 18.9 Å². The lowest BCUT2D eigenvalue weighted by Gasteiger charge is -2.06. The summed E-state index contributed by atoms with van der Waals surface area (Å²) in [5.41, 5.74) is 0.590. The van der Waals surface area contributed by atoms with Crippen LogP contribution in [0, 0.1) is 5.92 Å². The molecule has 0 radical (unpaired) electrons. The van der Waals surface area contributed by atoms with Gasteiger partial charge >= 0.3 is 5.97 Å². The monoisotopic (exact) mass is 210 g/mol. The molecule has 0 unspecified atom stereocenters. The number of ether oxygens (including phenoxy) is 1. The minimum Gasteiger partial charge on any atom is -0.463 e. The fourth-order valence-electron chi connectivity index (χ4n) is 1.17. The minimum absolute atomic E-state index is 0.313. The predicted molar refractivity (Wildman–Crippen MR) is 59.4 cm³/mol. The molecule has 0 aromatic heterocycles. The third-order valence-corrected chi connectivity index (χ3v) is 1.86. The lowest BCUT2D eigenvalue weighted by molar-refractivity contribution is -0.137. The lowest BCUT2D eigenvalue weighted by atomic mass is 9.99. The molecule has 0 N–H and O–H groups in total. The van der Waals surface area contributed by atoms with Crippen molar-refractivity contribution in [1.82, 2.24) is 0 Å². The van der Waals surface area contributed by atoms with Crippen LogP contribution in [0.5, 0.6) is 0 Å². The van der Waals surface area contributed by atoms with Crippen molar-refractivity contribution in [2.75, 3.05) is 6.61 Å². The van der Waals surface area contributed by atoms with Crippen LogP contribution < -0.4 is 0 Å². The van der Waals surface area contributed by atoms with Crippen molar-refractivity contribution in [3.63, 3.8) is 0 Å². The fourth-order valence-corrected chi connectivity index (χ4v) is 1.17. The Balaban J connectivity index is 3.79. The van der Waals surface area contributed by atoms with Gasteiger partial charge in [-0.25, -0.2) is 4.79 Å². The van der Waals surface area contributed by atoms with E-state index in [1.165, 1.54) is 6.08 Å². The molecule has 3 nitrogen and oxygen atoms in total. The summed E-state index contributed by atoms with van der Waals surface area (Å²) in [6.07, 6.45) is 5.36. The Morgan fingerprint density at radius 2 is 2.20 bits per heavy atom. The van der Waals surface area contributed by atoms with Crippen LogP contribution in [0.4, 0.5) is 0 Å². The van der Waals surface area contributed by atoms with Gasteiger partial charge < -0.3 is 4.74 Å². The molecule has 0 saturated carbocycles. The quantitative estimate of drug-likeness (QED) is 0.368. The van der Waals surface area contributed by atoms with Gasteiger partial charge in [0.05, 0.1) is 6.61 Å². The molecular formula is C12H18O3. The number of hydrogen-bond acceptors (Lipinski definition) is 3. The molecule has 0 heterocycles. The van der Waals surface area contributed by atoms with Crippen LogP contribution in [-0.2, 0) is 14.3 Å². The Labute approximate surface area is 90.8 Å². The summed E-state index contributed by atoms with van der Waals surface area (Å²) in [6, 6.07) is 0. The van der Waals surface area contributed by atoms with E-state index < -0.39 is 0 Å². The van der Waals surface area contributed by atoms with E-state index >= 15 is 0 Å². The molecule has 84 valence electrons. The van der Waals surface area contributed by atoms with E-state index in [4.69, 9.17) is 4.74 Å². The summed E-state index contributed by atoms with van der Waals surface area (Å²) >= 11 is 0. The summed E-state index contributed by atoms with van der Waals surface area (Å²) in [4.78, 5) is 21.2. The predicted octanol–water partition coefficient (Wildman–Crippen LogP) is 2.28. The molecule has 0 aromatic rings. The summed E-state index contributed by atoms with van der Waals surface area (Å²) in [5, 5.41) is 0. The van der Waals surface area contributed by atoms with Crippen molar-refractivity contribution < 1.29 is 14.3 Å². The van der Waals surface area contributed by atoms with Crippen molar-refractivity contribution in [3.8, 4) is 0 Å². The maximum absolute atomic E-state index is 10.9. The standard InChI is InChI=1S/C12H18O3/c1-4-15-12(14)7-5-6-10(2)8-11(3)9-13/h5,7,9-10H,3-4,6,8H2,1-2H3/b7-5+/t10-/m0/s1. The van der Waals surface area contributed by atoms with Gasteiger partial charge in [-0.2, -0.15) is 0 Å². The zero-order chi connectivity index (χ0) is 11.7. The highest BCUT2D eigenvalue weighted by Gasteiger charge is 2.02. The van der Waals surface area contributed by atoms with E-state index in [1.54, 1.807) is 13.0 Å². The second-order valence-corrected chi connectivity index (χ2v) is 3.48. The molecule has 0 aliphatic heterocycles. The summed E-state index contributed by atoms with van der Waals surface area (Å²) in [7, 11) is 0. The van der Waals surface area contributed by atoms with Gasteiger partial charge in [-0.05, 0) is 31.3 Å². The Morgan fingerprint density at radius 1 is 1.53 bits per heavy atom. The first-order valence-electron chi connectivity index (χ1n) is 5.06. The molecule has 0 saturated heterocycles. The number of hydrogen-bond donors (Lipinski definition) is 0. The second-order valence-electron chi connectivity index (χ2n) is 3.48. The highest BCUT2D eigenvalue weighted by atomic mass is 16.5. The minimum atomic E-state index is -0.320. The van der Waals surface area contributed by atoms with E-state index in [0.29, 0.717) is 24.5 Å². The normalized spacial score (nSPS) is 12.4. The third-order valence-electron chi connectivity index (χ3n) is 1.86. The third kappa shape index (κ3) is 7.67. The molecule has 3 heteroatoms. The molecule has 1 atom stereocenters. The SMILES string of the molecule is C=C(C=O)C[C@@H](C)C/C=C/C(=O)OCC. The Hall–Kier alpha value is -1.38. The maximum atomic E-state index is 10.9. The van der Waals surface area contributed by atoms with Gasteiger partial charge in [0, 0.05) is 6.08 Å². The van der Waals surface area contributed by atoms with Crippen molar-refractivity contribution >= 4 is 12.3 Å². The van der Waals surface area contributed by atoms with Gasteiger partial charge in [0.2, 0.25) is 0 Å². The molecule has 0 aliphatic carbocycles. The molecule has 0 spiro atoms. The molecule has 0 aromatic carbocycles. The van der Waals surface area contributed by atoms with E-state index in [0.717, 1.165) is 12.7 Å². The summed E-state index contributed by atoms with van der Waals surface area (Å²) in [6.45, 7) is 7.76. The highest BCUT2D eigenvalue weighted by Crippen LogP contribution is 2.12. The van der Waals surface area contributed by atoms with Crippen LogP contribution in [0.15, 0.2) is 24.3 Å². The number of carbonyl (C=O) groups is 2. The van der Waals surface area contributed by atoms with Crippen molar-refractivity contribution in [1.29, 1.82) is 0 Å². The number of allylic oxidation sites excluding steroid dienone is 2. The molecule has 0 aliphatic rings. The smallest absolute Gasteiger partial charge is 0.330 e. The first-order valence-corrected chi connectivity index (χ1v) is 5.06. The maximum Gasteiger partial charge on any atom is 0.330 e. The second kappa shape index (κ2) is 7.97. The van der Waals surface area contributed by atoms with Crippen LogP contribution in [0.25, 0.3) is 0 Å². The number of aldehydes is 1. The molecular weight excluding hydrogens is 192 g/mol. The van der Waals surface area contributed by atoms with Crippen LogP contribution in [0.2, 0.25) is 0 Å². The zero-order valence-corrected chi connectivity index (χ0v) is 9.36. The van der Waals surface area contributed by atoms with Gasteiger partial charge in [-0.15, -0.1) is 0 Å². The van der Waals surface area contributed by atoms with Crippen molar-refractivity contribution in [3.05, 3.63) is 24.3 Å². The fraction of sp³-hybridized carbons (Fsp3) is 0.500. The average molecular weight is 210 g/mol. The van der Waals surface area contributed by atoms with Gasteiger partial charge in [-0.1, -0.05) is 19.6 Å². The largest absolute Gasteiger partial charge is 0.463 e. The van der Waals surface area contributed by atoms with Crippen LogP contribution in [0.3, 0.4) is 0 Å². The van der Waals surface area contributed by atoms with Crippen LogP contribution >= 0.6 is 0 Å². The zero-order valence-electron chi connectivity index (χ0n) is 9.36. The van der Waals surface area contributed by atoms with Crippen LogP contribution in [0.1, 0.15) is 26.7 Å².